The molecule has 0 saturated heterocycles. The fourth-order valence-electron chi connectivity index (χ4n) is 0.761. The summed E-state index contributed by atoms with van der Waals surface area (Å²) < 4.78 is 0. The number of hydrogen-bond acceptors (Lipinski definition) is 3. The van der Waals surface area contributed by atoms with Crippen molar-refractivity contribution in [2.75, 3.05) is 13.6 Å². The molecule has 12 heavy (non-hydrogen) atoms. The zero-order valence-corrected chi connectivity index (χ0v) is 7.95. The lowest BCUT2D eigenvalue weighted by molar-refractivity contribution is -0.122. The quantitative estimate of drug-likeness (QED) is 0.600. The number of nitrogens with two attached hydrogens (primary N) is 1. The number of hydrazine groups is 1. The summed E-state index contributed by atoms with van der Waals surface area (Å²) >= 11 is 0. The van der Waals surface area contributed by atoms with Crippen molar-refractivity contribution >= 4 is 5.91 Å². The van der Waals surface area contributed by atoms with Crippen LogP contribution in [0.5, 0.6) is 0 Å². The maximum atomic E-state index is 10.6. The van der Waals surface area contributed by atoms with Gasteiger partial charge < -0.3 is 10.7 Å². The summed E-state index contributed by atoms with van der Waals surface area (Å²) in [5.74, 6) is -0.359. The van der Waals surface area contributed by atoms with Crippen LogP contribution in [0.15, 0.2) is 12.8 Å². The molecule has 0 aliphatic heterocycles. The second kappa shape index (κ2) is 4.77. The summed E-state index contributed by atoms with van der Waals surface area (Å²) in [5.41, 5.74) is 5.05. The summed E-state index contributed by atoms with van der Waals surface area (Å²) in [6, 6.07) is 0.322. The topological polar surface area (TPSA) is 49.6 Å². The molecule has 2 N–H and O–H groups in total. The number of nitrogens with zero attached hydrogens (tertiary/aromatic N) is 2. The lowest BCUT2D eigenvalue weighted by atomic mass is 10.4. The molecule has 0 aliphatic carbocycles. The van der Waals surface area contributed by atoms with Crippen molar-refractivity contribution in [2.24, 2.45) is 5.73 Å². The van der Waals surface area contributed by atoms with E-state index in [4.69, 9.17) is 5.73 Å². The first-order valence-corrected chi connectivity index (χ1v) is 3.89. The Bertz CT molecular complexity index is 168. The second-order valence-corrected chi connectivity index (χ2v) is 2.91. The van der Waals surface area contributed by atoms with Gasteiger partial charge in [0.1, 0.15) is 6.54 Å². The third kappa shape index (κ3) is 3.39. The fraction of sp³-hybridized carbons (Fsp3) is 0.625. The van der Waals surface area contributed by atoms with E-state index in [0.717, 1.165) is 0 Å². The van der Waals surface area contributed by atoms with E-state index in [1.807, 2.05) is 25.9 Å². The van der Waals surface area contributed by atoms with Gasteiger partial charge in [0.15, 0.2) is 0 Å². The van der Waals surface area contributed by atoms with Crippen LogP contribution in [0.3, 0.4) is 0 Å². The molecule has 0 radical (unpaired) electrons. The van der Waals surface area contributed by atoms with Gasteiger partial charge in [-0.1, -0.05) is 6.58 Å². The van der Waals surface area contributed by atoms with Crippen molar-refractivity contribution in [3.63, 3.8) is 0 Å². The maximum absolute atomic E-state index is 10.6. The summed E-state index contributed by atoms with van der Waals surface area (Å²) in [6.45, 7) is 7.82. The van der Waals surface area contributed by atoms with Crippen LogP contribution in [0.2, 0.25) is 0 Å². The predicted octanol–water partition coefficient (Wildman–Crippen LogP) is 0.172. The Balaban J connectivity index is 4.14. The monoisotopic (exact) mass is 171 g/mol. The van der Waals surface area contributed by atoms with Gasteiger partial charge in [-0.15, -0.1) is 0 Å². The Morgan fingerprint density at radius 3 is 2.42 bits per heavy atom. The molecule has 0 unspecified atom stereocenters. The third-order valence-electron chi connectivity index (χ3n) is 1.68. The van der Waals surface area contributed by atoms with Crippen molar-refractivity contribution in [1.82, 2.24) is 10.0 Å². The highest BCUT2D eigenvalue weighted by atomic mass is 16.1. The molecule has 0 aromatic heterocycles. The van der Waals surface area contributed by atoms with Crippen LogP contribution in [0.4, 0.5) is 0 Å². The van der Waals surface area contributed by atoms with E-state index in [1.165, 1.54) is 0 Å². The van der Waals surface area contributed by atoms with Crippen LogP contribution in [-0.2, 0) is 4.79 Å². The lowest BCUT2D eigenvalue weighted by Crippen LogP contribution is -2.44. The number of primary amides is 1. The predicted molar refractivity (Wildman–Crippen MR) is 49.0 cm³/mol. The molecule has 70 valence electrons. The molecule has 0 spiro atoms. The molecule has 1 amide bonds. The smallest absolute Gasteiger partial charge is 0.238 e. The zero-order chi connectivity index (χ0) is 9.72. The molecular formula is C8H17N3O. The van der Waals surface area contributed by atoms with Gasteiger partial charge >= 0.3 is 0 Å². The van der Waals surface area contributed by atoms with Crippen LogP contribution in [0, 0.1) is 0 Å². The number of carbonyl (C=O) groups excluding carboxylic acids is 1. The molecule has 0 aromatic rings. The standard InChI is InChI=1S/C8H17N3O/c1-5-11(6-8(9)12)10(4)7(2)3/h5,7H,1,6H2,2-4H3,(H2,9,12). The second-order valence-electron chi connectivity index (χ2n) is 2.91. The maximum Gasteiger partial charge on any atom is 0.238 e. The van der Waals surface area contributed by atoms with Crippen molar-refractivity contribution in [3.8, 4) is 0 Å². The summed E-state index contributed by atoms with van der Waals surface area (Å²) in [7, 11) is 1.88. The molecule has 4 heteroatoms. The molecule has 0 aliphatic rings. The molecule has 0 rings (SSSR count). The first kappa shape index (κ1) is 11.0. The van der Waals surface area contributed by atoms with Gasteiger partial charge in [-0.2, -0.15) is 0 Å². The van der Waals surface area contributed by atoms with Crippen LogP contribution in [0.25, 0.3) is 0 Å². The molecule has 0 heterocycles. The van der Waals surface area contributed by atoms with E-state index in [9.17, 15) is 4.79 Å². The Morgan fingerprint density at radius 1 is 1.67 bits per heavy atom. The highest BCUT2D eigenvalue weighted by Gasteiger charge is 2.11. The van der Waals surface area contributed by atoms with E-state index < -0.39 is 0 Å². The Labute approximate surface area is 73.6 Å². The fourth-order valence-corrected chi connectivity index (χ4v) is 0.761. The van der Waals surface area contributed by atoms with Crippen molar-refractivity contribution in [2.45, 2.75) is 19.9 Å². The van der Waals surface area contributed by atoms with Crippen LogP contribution in [0.1, 0.15) is 13.8 Å². The van der Waals surface area contributed by atoms with E-state index in [0.29, 0.717) is 6.04 Å². The molecule has 4 nitrogen and oxygen atoms in total. The van der Waals surface area contributed by atoms with Crippen molar-refractivity contribution in [3.05, 3.63) is 12.8 Å². The Hall–Kier alpha value is -1.03. The van der Waals surface area contributed by atoms with Crippen LogP contribution < -0.4 is 5.73 Å². The van der Waals surface area contributed by atoms with Gasteiger partial charge in [0.2, 0.25) is 5.91 Å². The van der Waals surface area contributed by atoms with Crippen molar-refractivity contribution < 1.29 is 4.79 Å². The molecular weight excluding hydrogens is 154 g/mol. The Kier molecular flexibility index (Phi) is 4.36. The van der Waals surface area contributed by atoms with E-state index in [2.05, 4.69) is 6.58 Å². The SMILES string of the molecule is C=CN(CC(N)=O)N(C)C(C)C. The van der Waals surface area contributed by atoms with Gasteiger partial charge in [-0.05, 0) is 13.8 Å². The minimum absolute atomic E-state index is 0.179. The van der Waals surface area contributed by atoms with Gasteiger partial charge in [0.05, 0.1) is 0 Å². The Morgan fingerprint density at radius 2 is 2.17 bits per heavy atom. The molecule has 0 aromatic carbocycles. The summed E-state index contributed by atoms with van der Waals surface area (Å²) in [4.78, 5) is 10.6. The number of rotatable bonds is 5. The average Bonchev–Trinajstić information content (AvgIpc) is 1.98. The first-order valence-electron chi connectivity index (χ1n) is 3.89. The van der Waals surface area contributed by atoms with Crippen LogP contribution in [-0.4, -0.2) is 35.6 Å². The average molecular weight is 171 g/mol. The minimum atomic E-state index is -0.359. The number of hydrogen-bond donors (Lipinski definition) is 1. The van der Waals surface area contributed by atoms with Gasteiger partial charge in [0.25, 0.3) is 0 Å². The summed E-state index contributed by atoms with van der Waals surface area (Å²) in [5, 5.41) is 3.59. The molecule has 0 bridgehead atoms. The lowest BCUT2D eigenvalue weighted by Gasteiger charge is -2.32. The van der Waals surface area contributed by atoms with Crippen molar-refractivity contribution in [1.29, 1.82) is 0 Å². The summed E-state index contributed by atoms with van der Waals surface area (Å²) in [6.07, 6.45) is 1.59. The van der Waals surface area contributed by atoms with Crippen LogP contribution >= 0.6 is 0 Å². The minimum Gasteiger partial charge on any atom is -0.368 e. The van der Waals surface area contributed by atoms with Gasteiger partial charge in [-0.25, -0.2) is 5.01 Å². The highest BCUT2D eigenvalue weighted by Crippen LogP contribution is 2.00. The van der Waals surface area contributed by atoms with E-state index in [-0.39, 0.29) is 12.5 Å². The zero-order valence-electron chi connectivity index (χ0n) is 7.95. The first-order chi connectivity index (χ1) is 5.49. The van der Waals surface area contributed by atoms with E-state index in [1.54, 1.807) is 11.2 Å². The molecule has 0 atom stereocenters. The largest absolute Gasteiger partial charge is 0.368 e. The number of carbonyl (C=O) groups is 1. The molecule has 0 saturated carbocycles. The molecule has 0 fully saturated rings. The highest BCUT2D eigenvalue weighted by molar-refractivity contribution is 5.75. The number of amides is 1. The normalized spacial score (nSPS) is 10.4. The van der Waals surface area contributed by atoms with Gasteiger partial charge in [0, 0.05) is 19.3 Å². The van der Waals surface area contributed by atoms with E-state index >= 15 is 0 Å². The third-order valence-corrected chi connectivity index (χ3v) is 1.68. The van der Waals surface area contributed by atoms with Gasteiger partial charge in [-0.3, -0.25) is 4.79 Å².